The Hall–Kier alpha value is -2.16. The van der Waals surface area contributed by atoms with Gasteiger partial charge in [0.1, 0.15) is 10.5 Å². The Labute approximate surface area is 166 Å². The topological polar surface area (TPSA) is 82.7 Å². The van der Waals surface area contributed by atoms with E-state index in [1.54, 1.807) is 20.8 Å². The normalized spacial score (nSPS) is 16.2. The monoisotopic (exact) mass is 405 g/mol. The molecule has 0 amide bonds. The molecular weight excluding hydrogens is 378 g/mol. The summed E-state index contributed by atoms with van der Waals surface area (Å²) in [4.78, 5) is 17.6. The number of aryl methyl sites for hydroxylation is 2. The quantitative estimate of drug-likeness (QED) is 0.746. The van der Waals surface area contributed by atoms with Crippen LogP contribution in [0.2, 0.25) is 0 Å². The van der Waals surface area contributed by atoms with Gasteiger partial charge in [0.05, 0.1) is 6.61 Å². The summed E-state index contributed by atoms with van der Waals surface area (Å²) in [6.45, 7) is 8.13. The van der Waals surface area contributed by atoms with Crippen molar-refractivity contribution in [2.45, 2.75) is 32.2 Å². The summed E-state index contributed by atoms with van der Waals surface area (Å²) >= 11 is 0. The molecule has 3 rings (SSSR count). The van der Waals surface area contributed by atoms with Crippen molar-refractivity contribution < 1.29 is 17.9 Å². The van der Waals surface area contributed by atoms with Crippen molar-refractivity contribution in [1.82, 2.24) is 14.2 Å². The van der Waals surface area contributed by atoms with Crippen LogP contribution in [-0.2, 0) is 21.3 Å². The van der Waals surface area contributed by atoms with Crippen molar-refractivity contribution in [2.24, 2.45) is 0 Å². The first kappa shape index (κ1) is 20.6. The molecule has 1 aromatic heterocycles. The van der Waals surface area contributed by atoms with Gasteiger partial charge in [-0.3, -0.25) is 4.90 Å². The summed E-state index contributed by atoms with van der Waals surface area (Å²) in [7, 11) is -3.79. The van der Waals surface area contributed by atoms with Crippen LogP contribution in [0.4, 0.5) is 0 Å². The van der Waals surface area contributed by atoms with Gasteiger partial charge >= 0.3 is 5.97 Å². The largest absolute Gasteiger partial charge is 0.462 e. The maximum atomic E-state index is 13.3. The number of aromatic amines is 1. The highest BCUT2D eigenvalue weighted by Gasteiger charge is 2.35. The predicted octanol–water partition coefficient (Wildman–Crippen LogP) is 2.31. The van der Waals surface area contributed by atoms with Crippen LogP contribution < -0.4 is 0 Å². The molecule has 1 aliphatic heterocycles. The van der Waals surface area contributed by atoms with Gasteiger partial charge in [0, 0.05) is 44.1 Å². The molecule has 0 spiro atoms. The molecule has 2 heterocycles. The van der Waals surface area contributed by atoms with E-state index in [0.717, 1.165) is 6.54 Å². The van der Waals surface area contributed by atoms with Crippen molar-refractivity contribution in [2.75, 3.05) is 32.8 Å². The Balaban J connectivity index is 1.77. The first-order valence-corrected chi connectivity index (χ1v) is 10.9. The third-order valence-electron chi connectivity index (χ3n) is 4.98. The van der Waals surface area contributed by atoms with Gasteiger partial charge in [0.15, 0.2) is 0 Å². The second kappa shape index (κ2) is 8.46. The van der Waals surface area contributed by atoms with Crippen LogP contribution in [-0.4, -0.2) is 61.4 Å². The van der Waals surface area contributed by atoms with E-state index in [0.29, 0.717) is 37.6 Å². The highest BCUT2D eigenvalue weighted by Crippen LogP contribution is 2.28. The van der Waals surface area contributed by atoms with Gasteiger partial charge in [0.25, 0.3) is 0 Å². The number of carbonyl (C=O) groups is 1. The lowest BCUT2D eigenvalue weighted by atomic mass is 10.2. The van der Waals surface area contributed by atoms with Crippen molar-refractivity contribution >= 4 is 16.0 Å². The number of sulfonamides is 1. The Morgan fingerprint density at radius 3 is 2.32 bits per heavy atom. The van der Waals surface area contributed by atoms with Crippen molar-refractivity contribution in [3.8, 4) is 0 Å². The average Bonchev–Trinajstić information content (AvgIpc) is 2.98. The van der Waals surface area contributed by atoms with E-state index in [1.165, 1.54) is 9.87 Å². The Kier molecular flexibility index (Phi) is 6.22. The first-order valence-electron chi connectivity index (χ1n) is 9.47. The standard InChI is InChI=1S/C20H27N3O4S/c1-4-27-20(24)18-15(2)21-16(3)19(18)28(25,26)23-12-10-22(11-13-23)14-17-8-6-5-7-9-17/h5-9,21H,4,10-14H2,1-3H3. The summed E-state index contributed by atoms with van der Waals surface area (Å²) < 4.78 is 33.1. The number of nitrogens with zero attached hydrogens (tertiary/aromatic N) is 2. The number of ether oxygens (including phenoxy) is 1. The summed E-state index contributed by atoms with van der Waals surface area (Å²) in [6, 6.07) is 10.1. The Bertz CT molecular complexity index is 930. The zero-order chi connectivity index (χ0) is 20.3. The third kappa shape index (κ3) is 4.14. The number of rotatable bonds is 6. The molecule has 2 aromatic rings. The number of benzene rings is 1. The number of hydrogen-bond acceptors (Lipinski definition) is 5. The molecule has 0 saturated carbocycles. The molecule has 1 fully saturated rings. The molecule has 7 nitrogen and oxygen atoms in total. The van der Waals surface area contributed by atoms with Gasteiger partial charge in [-0.25, -0.2) is 13.2 Å². The van der Waals surface area contributed by atoms with Crippen LogP contribution in [0, 0.1) is 13.8 Å². The molecule has 0 bridgehead atoms. The molecule has 1 aliphatic rings. The van der Waals surface area contributed by atoms with Crippen LogP contribution in [0.25, 0.3) is 0 Å². The van der Waals surface area contributed by atoms with Crippen molar-refractivity contribution in [1.29, 1.82) is 0 Å². The minimum atomic E-state index is -3.79. The highest BCUT2D eigenvalue weighted by atomic mass is 32.2. The molecule has 1 N–H and O–H groups in total. The van der Waals surface area contributed by atoms with E-state index in [-0.39, 0.29) is 17.1 Å². The summed E-state index contributed by atoms with van der Waals surface area (Å²) in [6.07, 6.45) is 0. The number of piperazine rings is 1. The number of aromatic nitrogens is 1. The lowest BCUT2D eigenvalue weighted by Gasteiger charge is -2.34. The van der Waals surface area contributed by atoms with E-state index < -0.39 is 16.0 Å². The molecule has 28 heavy (non-hydrogen) atoms. The lowest BCUT2D eigenvalue weighted by Crippen LogP contribution is -2.48. The molecule has 0 atom stereocenters. The smallest absolute Gasteiger partial charge is 0.341 e. The number of esters is 1. The fraction of sp³-hybridized carbons (Fsp3) is 0.450. The molecule has 152 valence electrons. The summed E-state index contributed by atoms with van der Waals surface area (Å²) in [5.41, 5.74) is 2.30. The summed E-state index contributed by atoms with van der Waals surface area (Å²) in [5.74, 6) is -0.606. The van der Waals surface area contributed by atoms with Gasteiger partial charge in [-0.15, -0.1) is 0 Å². The highest BCUT2D eigenvalue weighted by molar-refractivity contribution is 7.89. The minimum absolute atomic E-state index is 0.0416. The molecule has 1 saturated heterocycles. The van der Waals surface area contributed by atoms with E-state index >= 15 is 0 Å². The molecule has 0 aliphatic carbocycles. The molecular formula is C20H27N3O4S. The second-order valence-corrected chi connectivity index (χ2v) is 8.84. The van der Waals surface area contributed by atoms with Gasteiger partial charge in [-0.1, -0.05) is 30.3 Å². The average molecular weight is 406 g/mol. The number of hydrogen-bond donors (Lipinski definition) is 1. The zero-order valence-electron chi connectivity index (χ0n) is 16.6. The molecule has 0 radical (unpaired) electrons. The number of carbonyl (C=O) groups excluding carboxylic acids is 1. The van der Waals surface area contributed by atoms with Gasteiger partial charge in [-0.05, 0) is 26.3 Å². The molecule has 1 aromatic carbocycles. The Morgan fingerprint density at radius 2 is 1.71 bits per heavy atom. The van der Waals surface area contributed by atoms with Crippen molar-refractivity contribution in [3.63, 3.8) is 0 Å². The fourth-order valence-corrected chi connectivity index (χ4v) is 5.46. The second-order valence-electron chi connectivity index (χ2n) is 6.97. The maximum Gasteiger partial charge on any atom is 0.341 e. The van der Waals surface area contributed by atoms with Crippen LogP contribution in [0.5, 0.6) is 0 Å². The lowest BCUT2D eigenvalue weighted by molar-refractivity contribution is 0.0521. The van der Waals surface area contributed by atoms with Crippen LogP contribution in [0.15, 0.2) is 35.2 Å². The van der Waals surface area contributed by atoms with Crippen molar-refractivity contribution in [3.05, 3.63) is 52.8 Å². The predicted molar refractivity (Wildman–Crippen MR) is 107 cm³/mol. The maximum absolute atomic E-state index is 13.3. The van der Waals surface area contributed by atoms with E-state index in [4.69, 9.17) is 4.74 Å². The Morgan fingerprint density at radius 1 is 1.07 bits per heavy atom. The van der Waals surface area contributed by atoms with Crippen LogP contribution >= 0.6 is 0 Å². The fourth-order valence-electron chi connectivity index (χ4n) is 3.63. The zero-order valence-corrected chi connectivity index (χ0v) is 17.4. The van der Waals surface area contributed by atoms with E-state index in [2.05, 4.69) is 22.0 Å². The number of H-pyrrole nitrogens is 1. The van der Waals surface area contributed by atoms with Crippen LogP contribution in [0.1, 0.15) is 34.2 Å². The van der Waals surface area contributed by atoms with E-state index in [9.17, 15) is 13.2 Å². The molecule has 0 unspecified atom stereocenters. The molecule has 8 heteroatoms. The first-order chi connectivity index (χ1) is 13.3. The van der Waals surface area contributed by atoms with Gasteiger partial charge in [-0.2, -0.15) is 4.31 Å². The van der Waals surface area contributed by atoms with Gasteiger partial charge in [0.2, 0.25) is 10.0 Å². The SMILES string of the molecule is CCOC(=O)c1c(C)[nH]c(C)c1S(=O)(=O)N1CCN(Cc2ccccc2)CC1. The number of nitrogens with one attached hydrogen (secondary N) is 1. The summed E-state index contributed by atoms with van der Waals surface area (Å²) in [5, 5.41) is 0. The van der Waals surface area contributed by atoms with Crippen LogP contribution in [0.3, 0.4) is 0 Å². The third-order valence-corrected chi connectivity index (χ3v) is 7.05. The minimum Gasteiger partial charge on any atom is -0.462 e. The van der Waals surface area contributed by atoms with Gasteiger partial charge < -0.3 is 9.72 Å². The van der Waals surface area contributed by atoms with E-state index in [1.807, 2.05) is 18.2 Å².